The summed E-state index contributed by atoms with van der Waals surface area (Å²) in [4.78, 5) is 12.6. The Morgan fingerprint density at radius 1 is 1.50 bits per heavy atom. The molecular formula is C12H18N2O4S2. The summed E-state index contributed by atoms with van der Waals surface area (Å²) >= 11 is 1.17. The first-order chi connectivity index (χ1) is 9.41. The first-order valence-electron chi connectivity index (χ1n) is 6.32. The molecule has 1 fully saturated rings. The Balaban J connectivity index is 1.95. The number of carbonyl (C=O) groups is 1. The minimum absolute atomic E-state index is 0.132. The lowest BCUT2D eigenvalue weighted by Crippen LogP contribution is -2.33. The van der Waals surface area contributed by atoms with Crippen LogP contribution in [0.25, 0.3) is 0 Å². The standard InChI is InChI=1S/C12H18N2O4S2/c1-14(2)20(16,17)11-6-5-9(19-11)8-13-12(15)10-4-3-7-18-10/h5-6,10H,3-4,7-8H2,1-2H3,(H,13,15)/t10-/m1/s1. The van der Waals surface area contributed by atoms with Crippen LogP contribution in [0, 0.1) is 0 Å². The van der Waals surface area contributed by atoms with E-state index >= 15 is 0 Å². The van der Waals surface area contributed by atoms with Gasteiger partial charge in [-0.3, -0.25) is 4.79 Å². The van der Waals surface area contributed by atoms with E-state index in [2.05, 4.69) is 5.32 Å². The predicted molar refractivity (Wildman–Crippen MR) is 76.0 cm³/mol. The molecule has 1 atom stereocenters. The molecule has 112 valence electrons. The molecule has 0 saturated carbocycles. The molecule has 6 nitrogen and oxygen atoms in total. The number of ether oxygens (including phenoxy) is 1. The highest BCUT2D eigenvalue weighted by Crippen LogP contribution is 2.23. The van der Waals surface area contributed by atoms with Gasteiger partial charge in [-0.25, -0.2) is 12.7 Å². The van der Waals surface area contributed by atoms with Gasteiger partial charge in [-0.05, 0) is 25.0 Å². The Morgan fingerprint density at radius 3 is 2.85 bits per heavy atom. The average Bonchev–Trinajstić information content (AvgIpc) is 3.07. The van der Waals surface area contributed by atoms with Crippen LogP contribution in [0.5, 0.6) is 0 Å². The lowest BCUT2D eigenvalue weighted by Gasteiger charge is -2.09. The van der Waals surface area contributed by atoms with Gasteiger partial charge >= 0.3 is 0 Å². The molecule has 0 unspecified atom stereocenters. The molecule has 2 rings (SSSR count). The maximum Gasteiger partial charge on any atom is 0.252 e. The van der Waals surface area contributed by atoms with E-state index < -0.39 is 10.0 Å². The Bertz CT molecular complexity index is 574. The Morgan fingerprint density at radius 2 is 2.25 bits per heavy atom. The third kappa shape index (κ3) is 3.38. The van der Waals surface area contributed by atoms with Gasteiger partial charge in [0.05, 0.1) is 6.54 Å². The Kier molecular flexibility index (Phi) is 4.79. The number of hydrogen-bond acceptors (Lipinski definition) is 5. The van der Waals surface area contributed by atoms with Crippen molar-refractivity contribution < 1.29 is 17.9 Å². The van der Waals surface area contributed by atoms with Crippen molar-refractivity contribution in [1.29, 1.82) is 0 Å². The van der Waals surface area contributed by atoms with Gasteiger partial charge in [-0.1, -0.05) is 0 Å². The van der Waals surface area contributed by atoms with Crippen LogP contribution in [0.15, 0.2) is 16.3 Å². The molecule has 20 heavy (non-hydrogen) atoms. The molecule has 2 heterocycles. The van der Waals surface area contributed by atoms with Crippen LogP contribution in [-0.2, 0) is 26.1 Å². The molecule has 0 radical (unpaired) electrons. The van der Waals surface area contributed by atoms with Gasteiger partial charge in [0.15, 0.2) is 0 Å². The number of amides is 1. The zero-order valence-corrected chi connectivity index (χ0v) is 13.1. The summed E-state index contributed by atoms with van der Waals surface area (Å²) in [5.41, 5.74) is 0. The van der Waals surface area contributed by atoms with Gasteiger partial charge in [0, 0.05) is 25.6 Å². The van der Waals surface area contributed by atoms with Crippen LogP contribution in [0.2, 0.25) is 0 Å². The largest absolute Gasteiger partial charge is 0.368 e. The van der Waals surface area contributed by atoms with Crippen molar-refractivity contribution in [1.82, 2.24) is 9.62 Å². The topological polar surface area (TPSA) is 75.7 Å². The van der Waals surface area contributed by atoms with Crippen LogP contribution in [0.1, 0.15) is 17.7 Å². The SMILES string of the molecule is CN(C)S(=O)(=O)c1ccc(CNC(=O)[C@H]2CCCO2)s1. The third-order valence-corrected chi connectivity index (χ3v) is 6.40. The van der Waals surface area contributed by atoms with Crippen molar-refractivity contribution >= 4 is 27.3 Å². The van der Waals surface area contributed by atoms with Gasteiger partial charge in [-0.2, -0.15) is 0 Å². The van der Waals surface area contributed by atoms with Crippen LogP contribution in [-0.4, -0.2) is 45.4 Å². The highest BCUT2D eigenvalue weighted by Gasteiger charge is 2.24. The zero-order chi connectivity index (χ0) is 14.8. The summed E-state index contributed by atoms with van der Waals surface area (Å²) in [6.45, 7) is 0.953. The van der Waals surface area contributed by atoms with Gasteiger partial charge in [0.1, 0.15) is 10.3 Å². The minimum atomic E-state index is -3.40. The number of nitrogens with zero attached hydrogens (tertiary/aromatic N) is 1. The van der Waals surface area contributed by atoms with Gasteiger partial charge in [0.25, 0.3) is 10.0 Å². The molecule has 8 heteroatoms. The summed E-state index contributed by atoms with van der Waals surface area (Å²) in [7, 11) is -0.408. The number of sulfonamides is 1. The molecule has 0 aromatic carbocycles. The predicted octanol–water partition coefficient (Wildman–Crippen LogP) is 0.794. The number of thiophene rings is 1. The lowest BCUT2D eigenvalue weighted by atomic mass is 10.2. The number of carbonyl (C=O) groups excluding carboxylic acids is 1. The molecule has 1 saturated heterocycles. The number of rotatable bonds is 5. The lowest BCUT2D eigenvalue weighted by molar-refractivity contribution is -0.130. The summed E-state index contributed by atoms with van der Waals surface area (Å²) < 4.78 is 30.6. The molecule has 1 N–H and O–H groups in total. The van der Waals surface area contributed by atoms with E-state index in [0.29, 0.717) is 13.2 Å². The van der Waals surface area contributed by atoms with Crippen LogP contribution in [0.4, 0.5) is 0 Å². The van der Waals surface area contributed by atoms with Gasteiger partial charge in [0.2, 0.25) is 5.91 Å². The highest BCUT2D eigenvalue weighted by molar-refractivity contribution is 7.91. The molecule has 1 aromatic rings. The fraction of sp³-hybridized carbons (Fsp3) is 0.583. The van der Waals surface area contributed by atoms with E-state index in [1.807, 2.05) is 0 Å². The Hall–Kier alpha value is -0.960. The van der Waals surface area contributed by atoms with Gasteiger partial charge < -0.3 is 10.1 Å². The van der Waals surface area contributed by atoms with Crippen LogP contribution in [0.3, 0.4) is 0 Å². The summed E-state index contributed by atoms with van der Waals surface area (Å²) in [5, 5.41) is 2.77. The van der Waals surface area contributed by atoms with Crippen LogP contribution < -0.4 is 5.32 Å². The highest BCUT2D eigenvalue weighted by atomic mass is 32.2. The van der Waals surface area contributed by atoms with E-state index in [0.717, 1.165) is 17.7 Å². The van der Waals surface area contributed by atoms with Crippen molar-refractivity contribution in [2.75, 3.05) is 20.7 Å². The minimum Gasteiger partial charge on any atom is -0.368 e. The normalized spacial score (nSPS) is 19.4. The fourth-order valence-corrected chi connectivity index (χ4v) is 4.31. The van der Waals surface area contributed by atoms with Crippen molar-refractivity contribution in [2.45, 2.75) is 29.7 Å². The van der Waals surface area contributed by atoms with Crippen molar-refractivity contribution in [3.8, 4) is 0 Å². The maximum absolute atomic E-state index is 11.9. The first-order valence-corrected chi connectivity index (χ1v) is 8.57. The smallest absolute Gasteiger partial charge is 0.252 e. The number of hydrogen-bond donors (Lipinski definition) is 1. The fourth-order valence-electron chi connectivity index (χ4n) is 1.84. The molecule has 0 spiro atoms. The van der Waals surface area contributed by atoms with E-state index in [9.17, 15) is 13.2 Å². The second-order valence-electron chi connectivity index (χ2n) is 4.73. The summed E-state index contributed by atoms with van der Waals surface area (Å²) in [6.07, 6.45) is 1.29. The number of nitrogens with one attached hydrogen (secondary N) is 1. The van der Waals surface area contributed by atoms with E-state index in [1.165, 1.54) is 29.7 Å². The van der Waals surface area contributed by atoms with Gasteiger partial charge in [-0.15, -0.1) is 11.3 Å². The third-order valence-electron chi connectivity index (χ3n) is 3.03. The monoisotopic (exact) mass is 318 g/mol. The quantitative estimate of drug-likeness (QED) is 0.871. The van der Waals surface area contributed by atoms with E-state index in [1.54, 1.807) is 12.1 Å². The molecule has 1 aliphatic rings. The second-order valence-corrected chi connectivity index (χ2v) is 8.27. The van der Waals surface area contributed by atoms with E-state index in [-0.39, 0.29) is 16.2 Å². The Labute approximate surface area is 122 Å². The molecular weight excluding hydrogens is 300 g/mol. The second kappa shape index (κ2) is 6.21. The zero-order valence-electron chi connectivity index (χ0n) is 11.5. The molecule has 1 aromatic heterocycles. The molecule has 1 amide bonds. The van der Waals surface area contributed by atoms with Crippen molar-refractivity contribution in [2.24, 2.45) is 0 Å². The maximum atomic E-state index is 11.9. The molecule has 1 aliphatic heterocycles. The average molecular weight is 318 g/mol. The summed E-state index contributed by atoms with van der Waals surface area (Å²) in [5.74, 6) is -0.132. The molecule has 0 aliphatic carbocycles. The molecule has 0 bridgehead atoms. The van der Waals surface area contributed by atoms with Crippen LogP contribution >= 0.6 is 11.3 Å². The van der Waals surface area contributed by atoms with Crippen molar-refractivity contribution in [3.05, 3.63) is 17.0 Å². The van der Waals surface area contributed by atoms with E-state index in [4.69, 9.17) is 4.74 Å². The van der Waals surface area contributed by atoms with Crippen molar-refractivity contribution in [3.63, 3.8) is 0 Å². The summed E-state index contributed by atoms with van der Waals surface area (Å²) in [6, 6.07) is 3.28. The first kappa shape index (κ1) is 15.4.